The first kappa shape index (κ1) is 28.3. The van der Waals surface area contributed by atoms with Gasteiger partial charge < -0.3 is 15.6 Å². The normalized spacial score (nSPS) is 13.6. The maximum absolute atomic E-state index is 4.87. The molecule has 0 aliphatic heterocycles. The van der Waals surface area contributed by atoms with Crippen molar-refractivity contribution in [2.75, 3.05) is 26.2 Å². The van der Waals surface area contributed by atoms with E-state index in [1.807, 2.05) is 45.9 Å². The van der Waals surface area contributed by atoms with Gasteiger partial charge in [0.1, 0.15) is 0 Å². The zero-order valence-corrected chi connectivity index (χ0v) is 20.8. The van der Waals surface area contributed by atoms with Crippen molar-refractivity contribution in [3.63, 3.8) is 0 Å². The van der Waals surface area contributed by atoms with Gasteiger partial charge in [-0.3, -0.25) is 0 Å². The Bertz CT molecular complexity index is 386. The first-order valence-electron chi connectivity index (χ1n) is 9.28. The van der Waals surface area contributed by atoms with Crippen LogP contribution in [0.2, 0.25) is 13.1 Å². The summed E-state index contributed by atoms with van der Waals surface area (Å²) in [6.07, 6.45) is 8.53. The largest absolute Gasteiger partial charge is 4.00 e. The van der Waals surface area contributed by atoms with Gasteiger partial charge in [0.25, 0.3) is 0 Å². The minimum atomic E-state index is -1.64. The van der Waals surface area contributed by atoms with Gasteiger partial charge in [-0.1, -0.05) is 71.1 Å². The van der Waals surface area contributed by atoms with Crippen LogP contribution in [0.5, 0.6) is 0 Å². The van der Waals surface area contributed by atoms with Crippen LogP contribution in [0.15, 0.2) is 30.3 Å². The van der Waals surface area contributed by atoms with E-state index in [0.29, 0.717) is 0 Å². The summed E-state index contributed by atoms with van der Waals surface area (Å²) in [5.74, 6) is 0. The molecule has 5 heteroatoms. The van der Waals surface area contributed by atoms with Crippen LogP contribution < -0.4 is 0 Å². The van der Waals surface area contributed by atoms with Gasteiger partial charge in [-0.25, -0.2) is 0 Å². The zero-order valence-electron chi connectivity index (χ0n) is 17.4. The molecule has 2 rings (SSSR count). The molecule has 1 aromatic rings. The molecule has 0 atom stereocenters. The molecule has 5 radical (unpaired) electrons. The number of hydrogen-bond donors (Lipinski definition) is 0. The van der Waals surface area contributed by atoms with E-state index < -0.39 is 8.24 Å². The molecule has 26 heavy (non-hydrogen) atoms. The maximum Gasteiger partial charge on any atom is 4.00 e. The Morgan fingerprint density at radius 2 is 1.15 bits per heavy atom. The van der Waals surface area contributed by atoms with Crippen molar-refractivity contribution in [1.82, 2.24) is 0 Å². The van der Waals surface area contributed by atoms with Crippen molar-refractivity contribution in [3.8, 4) is 0 Å². The van der Waals surface area contributed by atoms with Gasteiger partial charge in [-0.15, -0.1) is 5.69 Å². The standard InChI is InChI=1S/C13H15NSi.2C4H10N.Zr/c1-15(2,13-10-6-7-11-13)14-12-8-4-3-5-9-12;2*1-3-5-4-2;/h3-11H,1-2H3;2*3-4H2,1-2H3;/q3*-1;+4. The summed E-state index contributed by atoms with van der Waals surface area (Å²) in [5.41, 5.74) is 2.49. The minimum absolute atomic E-state index is 0. The summed E-state index contributed by atoms with van der Waals surface area (Å²) in [6, 6.07) is 10.2. The van der Waals surface area contributed by atoms with Gasteiger partial charge in [-0.05, 0) is 39.5 Å². The van der Waals surface area contributed by atoms with E-state index in [1.165, 1.54) is 5.54 Å². The Labute approximate surface area is 183 Å². The second-order valence-corrected chi connectivity index (χ2v) is 9.81. The van der Waals surface area contributed by atoms with Crippen LogP contribution >= 0.6 is 0 Å². The fraction of sp³-hybridized carbons (Fsp3) is 0.476. The molecule has 3 nitrogen and oxygen atoms in total. The van der Waals surface area contributed by atoms with Gasteiger partial charge in [-0.2, -0.15) is 26.2 Å². The van der Waals surface area contributed by atoms with Crippen LogP contribution in [0.4, 0.5) is 5.69 Å². The number of benzene rings is 1. The molecule has 1 saturated carbocycles. The SMILES string of the molecule is CC[N-]CC.CC[N-]CC.C[Si](C)([N-]c1ccccc1)[C]1[CH][CH][CH][CH]1.[Zr+4]. The molecule has 0 bridgehead atoms. The van der Waals surface area contributed by atoms with E-state index in [1.54, 1.807) is 0 Å². The van der Waals surface area contributed by atoms with E-state index in [-0.39, 0.29) is 26.2 Å². The Kier molecular flexibility index (Phi) is 20.0. The van der Waals surface area contributed by atoms with E-state index >= 15 is 0 Å². The van der Waals surface area contributed by atoms with Crippen LogP contribution in [0.3, 0.4) is 0 Å². The van der Waals surface area contributed by atoms with Crippen molar-refractivity contribution in [3.05, 3.63) is 77.2 Å². The third-order valence-corrected chi connectivity index (χ3v) is 5.99. The third-order valence-electron chi connectivity index (χ3n) is 3.43. The van der Waals surface area contributed by atoms with Gasteiger partial charge in [0.15, 0.2) is 0 Å². The average Bonchev–Trinajstić information content (AvgIpc) is 3.14. The Balaban J connectivity index is 0. The molecule has 0 heterocycles. The molecular formula is C21H35N3SiZr+. The summed E-state index contributed by atoms with van der Waals surface area (Å²) < 4.78 is 0. The summed E-state index contributed by atoms with van der Waals surface area (Å²) in [4.78, 5) is 4.87. The Morgan fingerprint density at radius 1 is 0.731 bits per heavy atom. The van der Waals surface area contributed by atoms with Gasteiger partial charge >= 0.3 is 26.2 Å². The maximum atomic E-state index is 4.87. The fourth-order valence-corrected chi connectivity index (χ4v) is 4.05. The van der Waals surface area contributed by atoms with Crippen LogP contribution in [-0.4, -0.2) is 34.4 Å². The molecule has 1 aliphatic carbocycles. The summed E-state index contributed by atoms with van der Waals surface area (Å²) in [5, 5.41) is 7.94. The summed E-state index contributed by atoms with van der Waals surface area (Å²) >= 11 is 0. The molecule has 0 amide bonds. The summed E-state index contributed by atoms with van der Waals surface area (Å²) in [6.45, 7) is 16.6. The Hall–Kier alpha value is 0.0400. The molecule has 0 spiro atoms. The average molecular weight is 449 g/mol. The Morgan fingerprint density at radius 3 is 1.50 bits per heavy atom. The van der Waals surface area contributed by atoms with Crippen LogP contribution in [0.1, 0.15) is 27.7 Å². The van der Waals surface area contributed by atoms with Crippen LogP contribution in [0, 0.1) is 31.2 Å². The molecule has 1 aliphatic rings. The predicted octanol–water partition coefficient (Wildman–Crippen LogP) is 6.64. The van der Waals surface area contributed by atoms with Crippen molar-refractivity contribution in [2.45, 2.75) is 40.8 Å². The molecule has 0 saturated heterocycles. The first-order chi connectivity index (χ1) is 12.0. The van der Waals surface area contributed by atoms with E-state index in [0.717, 1.165) is 31.9 Å². The zero-order chi connectivity index (χ0) is 19.0. The van der Waals surface area contributed by atoms with Gasteiger partial charge in [0.2, 0.25) is 0 Å². The molecule has 0 N–H and O–H groups in total. The van der Waals surface area contributed by atoms with Crippen molar-refractivity contribution >= 4 is 13.9 Å². The molecule has 0 unspecified atom stereocenters. The summed E-state index contributed by atoms with van der Waals surface area (Å²) in [7, 11) is -1.64. The monoisotopic (exact) mass is 447 g/mol. The minimum Gasteiger partial charge on any atom is -0.687 e. The number of nitrogens with zero attached hydrogens (tertiary/aromatic N) is 3. The van der Waals surface area contributed by atoms with E-state index in [4.69, 9.17) is 4.98 Å². The second-order valence-electron chi connectivity index (χ2n) is 5.89. The number of hydrogen-bond acceptors (Lipinski definition) is 0. The predicted molar refractivity (Wildman–Crippen MR) is 116 cm³/mol. The third kappa shape index (κ3) is 14.1. The van der Waals surface area contributed by atoms with Crippen LogP contribution in [0.25, 0.3) is 15.6 Å². The van der Waals surface area contributed by atoms with Crippen molar-refractivity contribution < 1.29 is 26.2 Å². The smallest absolute Gasteiger partial charge is 0.687 e. The first-order valence-corrected chi connectivity index (χ1v) is 12.2. The van der Waals surface area contributed by atoms with Crippen LogP contribution in [-0.2, 0) is 26.2 Å². The van der Waals surface area contributed by atoms with Crippen molar-refractivity contribution in [2.24, 2.45) is 0 Å². The topological polar surface area (TPSA) is 42.3 Å². The number of rotatable bonds is 7. The fourth-order valence-electron chi connectivity index (χ4n) is 2.12. The molecule has 1 aromatic carbocycles. The van der Waals surface area contributed by atoms with E-state index in [2.05, 4.69) is 61.5 Å². The molecule has 141 valence electrons. The van der Waals surface area contributed by atoms with Gasteiger partial charge in [0, 0.05) is 0 Å². The molecule has 0 aromatic heterocycles. The van der Waals surface area contributed by atoms with Gasteiger partial charge in [0.05, 0.1) is 0 Å². The quantitative estimate of drug-likeness (QED) is 0.420. The second kappa shape index (κ2) is 18.4. The van der Waals surface area contributed by atoms with Crippen molar-refractivity contribution in [1.29, 1.82) is 0 Å². The molecule has 1 fully saturated rings. The van der Waals surface area contributed by atoms with E-state index in [9.17, 15) is 0 Å². The molecular weight excluding hydrogens is 414 g/mol.